The zero-order valence-corrected chi connectivity index (χ0v) is 17.1. The van der Waals surface area contributed by atoms with Gasteiger partial charge in [0.05, 0.1) is 19.8 Å². The molecule has 0 aliphatic carbocycles. The van der Waals surface area contributed by atoms with Crippen LogP contribution in [0.4, 0.5) is 0 Å². The molecule has 0 fully saturated rings. The van der Waals surface area contributed by atoms with Crippen molar-refractivity contribution in [2.24, 2.45) is 0 Å². The molecule has 0 amide bonds. The minimum atomic E-state index is 0.562. The third-order valence-corrected chi connectivity index (χ3v) is 5.56. The molecule has 0 N–H and O–H groups in total. The molecule has 2 heteroatoms. The SMILES string of the molecule is Cc1ccc(C(C)C)c2c1CCO2.Cc1ccc(C(C)C)c2c1COC2. The number of aryl methyl sites for hydroxylation is 2. The molecule has 2 aliphatic rings. The molecule has 26 heavy (non-hydrogen) atoms. The van der Waals surface area contributed by atoms with Gasteiger partial charge in [-0.3, -0.25) is 0 Å². The van der Waals surface area contributed by atoms with Crippen LogP contribution in [-0.2, 0) is 24.4 Å². The smallest absolute Gasteiger partial charge is 0.126 e. The van der Waals surface area contributed by atoms with Crippen LogP contribution < -0.4 is 4.74 Å². The molecule has 0 unspecified atom stereocenters. The number of hydrogen-bond acceptors (Lipinski definition) is 2. The fourth-order valence-corrected chi connectivity index (χ4v) is 3.93. The molecule has 4 rings (SSSR count). The molecule has 0 saturated heterocycles. The Balaban J connectivity index is 0.000000151. The van der Waals surface area contributed by atoms with Gasteiger partial charge in [-0.1, -0.05) is 52.0 Å². The summed E-state index contributed by atoms with van der Waals surface area (Å²) in [6, 6.07) is 8.86. The first-order valence-corrected chi connectivity index (χ1v) is 9.84. The van der Waals surface area contributed by atoms with Crippen molar-refractivity contribution < 1.29 is 9.47 Å². The zero-order valence-electron chi connectivity index (χ0n) is 17.1. The van der Waals surface area contributed by atoms with Gasteiger partial charge >= 0.3 is 0 Å². The second-order valence-electron chi connectivity index (χ2n) is 8.11. The first-order chi connectivity index (χ1) is 12.4. The van der Waals surface area contributed by atoms with E-state index >= 15 is 0 Å². The molecule has 0 aromatic heterocycles. The first-order valence-electron chi connectivity index (χ1n) is 9.84. The Hall–Kier alpha value is -1.80. The van der Waals surface area contributed by atoms with Crippen molar-refractivity contribution >= 4 is 0 Å². The third-order valence-electron chi connectivity index (χ3n) is 5.56. The molecule has 140 valence electrons. The molecule has 0 radical (unpaired) electrons. The first kappa shape index (κ1) is 19.0. The van der Waals surface area contributed by atoms with Crippen molar-refractivity contribution in [3.05, 3.63) is 63.2 Å². The van der Waals surface area contributed by atoms with Gasteiger partial charge in [0.2, 0.25) is 0 Å². The van der Waals surface area contributed by atoms with E-state index in [9.17, 15) is 0 Å². The highest BCUT2D eigenvalue weighted by Gasteiger charge is 2.20. The molecule has 2 heterocycles. The summed E-state index contributed by atoms with van der Waals surface area (Å²) in [5.74, 6) is 2.33. The van der Waals surface area contributed by atoms with Gasteiger partial charge in [0, 0.05) is 12.0 Å². The average molecular weight is 353 g/mol. The largest absolute Gasteiger partial charge is 0.493 e. The van der Waals surface area contributed by atoms with E-state index in [1.165, 1.54) is 38.9 Å². The molecule has 2 aromatic rings. The minimum Gasteiger partial charge on any atom is -0.493 e. The summed E-state index contributed by atoms with van der Waals surface area (Å²) in [7, 11) is 0. The lowest BCUT2D eigenvalue weighted by Gasteiger charge is -2.12. The summed E-state index contributed by atoms with van der Waals surface area (Å²) in [6.45, 7) is 15.7. The van der Waals surface area contributed by atoms with Crippen molar-refractivity contribution in [3.8, 4) is 5.75 Å². The van der Waals surface area contributed by atoms with Gasteiger partial charge in [0.25, 0.3) is 0 Å². The number of hydrogen-bond donors (Lipinski definition) is 0. The quantitative estimate of drug-likeness (QED) is 0.640. The van der Waals surface area contributed by atoms with Crippen LogP contribution in [0.25, 0.3) is 0 Å². The topological polar surface area (TPSA) is 18.5 Å². The number of benzene rings is 2. The van der Waals surface area contributed by atoms with Crippen LogP contribution in [0.2, 0.25) is 0 Å². The van der Waals surface area contributed by atoms with Crippen LogP contribution in [0.5, 0.6) is 5.75 Å². The summed E-state index contributed by atoms with van der Waals surface area (Å²) >= 11 is 0. The maximum Gasteiger partial charge on any atom is 0.126 e. The second kappa shape index (κ2) is 7.84. The highest BCUT2D eigenvalue weighted by Crippen LogP contribution is 2.36. The number of rotatable bonds is 2. The normalized spacial score (nSPS) is 14.8. The van der Waals surface area contributed by atoms with Crippen molar-refractivity contribution in [1.82, 2.24) is 0 Å². The molecule has 0 atom stereocenters. The van der Waals surface area contributed by atoms with Crippen LogP contribution in [0.15, 0.2) is 24.3 Å². The fourth-order valence-electron chi connectivity index (χ4n) is 3.93. The van der Waals surface area contributed by atoms with E-state index in [1.807, 2.05) is 0 Å². The summed E-state index contributed by atoms with van der Waals surface area (Å²) in [4.78, 5) is 0. The Labute approximate surface area is 158 Å². The van der Waals surface area contributed by atoms with Gasteiger partial charge in [0.1, 0.15) is 5.75 Å². The molecule has 2 nitrogen and oxygen atoms in total. The molecular formula is C24H32O2. The van der Waals surface area contributed by atoms with Gasteiger partial charge in [-0.05, 0) is 59.1 Å². The van der Waals surface area contributed by atoms with Crippen molar-refractivity contribution in [1.29, 1.82) is 0 Å². The van der Waals surface area contributed by atoms with Crippen LogP contribution in [0.3, 0.4) is 0 Å². The predicted octanol–water partition coefficient (Wildman–Crippen LogP) is 6.20. The standard InChI is InChI=1S/2C12H16O/c1-8(2)10-5-4-9(3)11-6-13-7-12(10)11;1-8(2)10-5-4-9(3)11-6-7-13-12(10)11/h2*4-5,8H,6-7H2,1-3H3. The zero-order chi connectivity index (χ0) is 18.8. The van der Waals surface area contributed by atoms with Crippen molar-refractivity contribution in [2.45, 2.75) is 73.0 Å². The lowest BCUT2D eigenvalue weighted by atomic mass is 9.92. The summed E-state index contributed by atoms with van der Waals surface area (Å²) < 4.78 is 11.2. The summed E-state index contributed by atoms with van der Waals surface area (Å²) in [5, 5.41) is 0. The van der Waals surface area contributed by atoms with Gasteiger partial charge in [-0.15, -0.1) is 0 Å². The fraction of sp³-hybridized carbons (Fsp3) is 0.500. The number of fused-ring (bicyclic) bond motifs is 2. The van der Waals surface area contributed by atoms with Gasteiger partial charge in [-0.25, -0.2) is 0 Å². The van der Waals surface area contributed by atoms with E-state index in [-0.39, 0.29) is 0 Å². The minimum absolute atomic E-state index is 0.562. The summed E-state index contributed by atoms with van der Waals surface area (Å²) in [6.07, 6.45) is 1.09. The van der Waals surface area contributed by atoms with Crippen LogP contribution >= 0.6 is 0 Å². The van der Waals surface area contributed by atoms with E-state index in [4.69, 9.17) is 9.47 Å². The Morgan fingerprint density at radius 1 is 0.731 bits per heavy atom. The lowest BCUT2D eigenvalue weighted by molar-refractivity contribution is 0.134. The Bertz CT molecular complexity index is 720. The monoisotopic (exact) mass is 352 g/mol. The molecular weight excluding hydrogens is 320 g/mol. The van der Waals surface area contributed by atoms with E-state index in [0.717, 1.165) is 32.0 Å². The molecule has 2 aromatic carbocycles. The van der Waals surface area contributed by atoms with Crippen LogP contribution in [0, 0.1) is 13.8 Å². The maximum atomic E-state index is 5.67. The van der Waals surface area contributed by atoms with Gasteiger partial charge < -0.3 is 9.47 Å². The average Bonchev–Trinajstić information content (AvgIpc) is 3.25. The Morgan fingerprint density at radius 2 is 1.31 bits per heavy atom. The predicted molar refractivity (Wildman–Crippen MR) is 108 cm³/mol. The molecule has 2 aliphatic heterocycles. The van der Waals surface area contributed by atoms with Crippen LogP contribution in [0.1, 0.15) is 78.5 Å². The lowest BCUT2D eigenvalue weighted by Crippen LogP contribution is -1.97. The molecule has 0 spiro atoms. The molecule has 0 saturated carbocycles. The summed E-state index contributed by atoms with van der Waals surface area (Å²) in [5.41, 5.74) is 9.84. The van der Waals surface area contributed by atoms with Crippen LogP contribution in [-0.4, -0.2) is 6.61 Å². The third kappa shape index (κ3) is 3.66. The highest BCUT2D eigenvalue weighted by molar-refractivity contribution is 5.49. The number of ether oxygens (including phenoxy) is 2. The van der Waals surface area contributed by atoms with Crippen molar-refractivity contribution in [3.63, 3.8) is 0 Å². The maximum absolute atomic E-state index is 5.67. The molecule has 0 bridgehead atoms. The van der Waals surface area contributed by atoms with E-state index in [0.29, 0.717) is 11.8 Å². The second-order valence-corrected chi connectivity index (χ2v) is 8.11. The highest BCUT2D eigenvalue weighted by atomic mass is 16.5. The van der Waals surface area contributed by atoms with E-state index in [2.05, 4.69) is 65.8 Å². The Kier molecular flexibility index (Phi) is 5.72. The van der Waals surface area contributed by atoms with Crippen molar-refractivity contribution in [2.75, 3.05) is 6.61 Å². The van der Waals surface area contributed by atoms with E-state index < -0.39 is 0 Å². The van der Waals surface area contributed by atoms with Gasteiger partial charge in [0.15, 0.2) is 0 Å². The Morgan fingerprint density at radius 3 is 1.96 bits per heavy atom. The van der Waals surface area contributed by atoms with E-state index in [1.54, 1.807) is 0 Å². The van der Waals surface area contributed by atoms with Gasteiger partial charge in [-0.2, -0.15) is 0 Å².